The molecule has 2 rings (SSSR count). The molecule has 128 valence electrons. The van der Waals surface area contributed by atoms with Crippen molar-refractivity contribution >= 4 is 28.2 Å². The minimum absolute atomic E-state index is 0.276. The van der Waals surface area contributed by atoms with Gasteiger partial charge in [0.25, 0.3) is 11.8 Å². The van der Waals surface area contributed by atoms with Crippen LogP contribution in [-0.2, 0) is 0 Å². The first kappa shape index (κ1) is 17.6. The highest BCUT2D eigenvalue weighted by atomic mass is 32.1. The van der Waals surface area contributed by atoms with Crippen LogP contribution >= 0.6 is 11.3 Å². The first-order valence-electron chi connectivity index (χ1n) is 6.92. The number of carbonyl (C=O) groups excluding carboxylic acids is 2. The van der Waals surface area contributed by atoms with E-state index < -0.39 is 11.8 Å². The third-order valence-electron chi connectivity index (χ3n) is 3.27. The minimum Gasteiger partial charge on any atom is -0.493 e. The zero-order chi connectivity index (χ0) is 17.9. The smallest absolute Gasteiger partial charge is 0.256 e. The standard InChI is InChI=1S/C16H18N2O5S/c1-8-5-10(14(17)19)16(24-8)18-15(20)9-6-11(21-2)13(23-4)12(7-9)22-3/h5-7H,1-4H3,(H2,17,19)(H,18,20). The molecular weight excluding hydrogens is 332 g/mol. The van der Waals surface area contributed by atoms with Crippen LogP contribution in [0.5, 0.6) is 17.2 Å². The number of thiophene rings is 1. The summed E-state index contributed by atoms with van der Waals surface area (Å²) in [5.74, 6) is 0.0958. The number of anilines is 1. The number of primary amides is 1. The number of methoxy groups -OCH3 is 3. The van der Waals surface area contributed by atoms with E-state index in [4.69, 9.17) is 19.9 Å². The number of nitrogens with one attached hydrogen (secondary N) is 1. The summed E-state index contributed by atoms with van der Waals surface area (Å²) in [4.78, 5) is 24.8. The molecule has 0 fully saturated rings. The largest absolute Gasteiger partial charge is 0.493 e. The first-order valence-corrected chi connectivity index (χ1v) is 7.74. The van der Waals surface area contributed by atoms with Crippen molar-refractivity contribution in [3.63, 3.8) is 0 Å². The number of benzene rings is 1. The van der Waals surface area contributed by atoms with Crippen LogP contribution < -0.4 is 25.3 Å². The topological polar surface area (TPSA) is 99.9 Å². The molecule has 1 aromatic heterocycles. The van der Waals surface area contributed by atoms with Crippen LogP contribution in [0.15, 0.2) is 18.2 Å². The molecule has 0 bridgehead atoms. The fourth-order valence-corrected chi connectivity index (χ4v) is 3.09. The van der Waals surface area contributed by atoms with E-state index in [0.29, 0.717) is 27.8 Å². The second-order valence-electron chi connectivity index (χ2n) is 4.83. The van der Waals surface area contributed by atoms with Crippen LogP contribution in [0.1, 0.15) is 25.6 Å². The van der Waals surface area contributed by atoms with Crippen LogP contribution in [0, 0.1) is 6.92 Å². The van der Waals surface area contributed by atoms with Crippen molar-refractivity contribution in [2.24, 2.45) is 5.73 Å². The van der Waals surface area contributed by atoms with Gasteiger partial charge >= 0.3 is 0 Å². The molecule has 1 aromatic carbocycles. The highest BCUT2D eigenvalue weighted by Gasteiger charge is 2.19. The van der Waals surface area contributed by atoms with Crippen LogP contribution in [0.25, 0.3) is 0 Å². The Hall–Kier alpha value is -2.74. The zero-order valence-electron chi connectivity index (χ0n) is 13.8. The Kier molecular flexibility index (Phi) is 5.30. The Morgan fingerprint density at radius 2 is 1.62 bits per heavy atom. The molecule has 7 nitrogen and oxygen atoms in total. The molecule has 0 saturated heterocycles. The van der Waals surface area contributed by atoms with Gasteiger partial charge in [-0.1, -0.05) is 0 Å². The lowest BCUT2D eigenvalue weighted by Crippen LogP contribution is -2.16. The van der Waals surface area contributed by atoms with Crippen molar-refractivity contribution < 1.29 is 23.8 Å². The highest BCUT2D eigenvalue weighted by Crippen LogP contribution is 2.38. The summed E-state index contributed by atoms with van der Waals surface area (Å²) in [6.07, 6.45) is 0. The van der Waals surface area contributed by atoms with Crippen molar-refractivity contribution in [1.82, 2.24) is 0 Å². The monoisotopic (exact) mass is 350 g/mol. The van der Waals surface area contributed by atoms with Gasteiger partial charge in [0.05, 0.1) is 26.9 Å². The summed E-state index contributed by atoms with van der Waals surface area (Å²) in [6.45, 7) is 1.83. The molecule has 0 unspecified atom stereocenters. The van der Waals surface area contributed by atoms with Gasteiger partial charge in [-0.3, -0.25) is 9.59 Å². The Labute approximate surface area is 143 Å². The maximum absolute atomic E-state index is 12.5. The lowest BCUT2D eigenvalue weighted by molar-refractivity contribution is 0.100. The van der Waals surface area contributed by atoms with Crippen molar-refractivity contribution in [3.05, 3.63) is 34.2 Å². The zero-order valence-corrected chi connectivity index (χ0v) is 14.6. The van der Waals surface area contributed by atoms with Crippen molar-refractivity contribution in [3.8, 4) is 17.2 Å². The minimum atomic E-state index is -0.598. The number of amides is 2. The number of ether oxygens (including phenoxy) is 3. The number of carbonyl (C=O) groups is 2. The highest BCUT2D eigenvalue weighted by molar-refractivity contribution is 7.16. The first-order chi connectivity index (χ1) is 11.4. The van der Waals surface area contributed by atoms with Crippen LogP contribution in [0.2, 0.25) is 0 Å². The summed E-state index contributed by atoms with van der Waals surface area (Å²) >= 11 is 1.27. The molecule has 0 aliphatic rings. The van der Waals surface area contributed by atoms with Gasteiger partial charge in [0, 0.05) is 10.4 Å². The maximum Gasteiger partial charge on any atom is 0.256 e. The Bertz CT molecular complexity index is 760. The number of aryl methyl sites for hydroxylation is 1. The van der Waals surface area contributed by atoms with Crippen LogP contribution in [0.4, 0.5) is 5.00 Å². The molecule has 24 heavy (non-hydrogen) atoms. The number of hydrogen-bond donors (Lipinski definition) is 2. The third-order valence-corrected chi connectivity index (χ3v) is 4.24. The number of nitrogens with two attached hydrogens (primary N) is 1. The molecule has 8 heteroatoms. The molecule has 2 amide bonds. The van der Waals surface area contributed by atoms with Gasteiger partial charge < -0.3 is 25.3 Å². The quantitative estimate of drug-likeness (QED) is 0.833. The lowest BCUT2D eigenvalue weighted by atomic mass is 10.1. The average molecular weight is 350 g/mol. The van der Waals surface area contributed by atoms with Gasteiger partial charge in [0.15, 0.2) is 11.5 Å². The fraction of sp³-hybridized carbons (Fsp3) is 0.250. The molecular formula is C16H18N2O5S. The molecule has 0 saturated carbocycles. The van der Waals surface area contributed by atoms with Crippen LogP contribution in [-0.4, -0.2) is 33.1 Å². The normalized spacial score (nSPS) is 10.2. The molecule has 2 aromatic rings. The SMILES string of the molecule is COc1cc(C(=O)Nc2sc(C)cc2C(N)=O)cc(OC)c1OC. The molecule has 0 aliphatic carbocycles. The van der Waals surface area contributed by atoms with Crippen LogP contribution in [0.3, 0.4) is 0 Å². The number of rotatable bonds is 6. The Balaban J connectivity index is 2.38. The van der Waals surface area contributed by atoms with Gasteiger partial charge in [-0.05, 0) is 25.1 Å². The summed E-state index contributed by atoms with van der Waals surface area (Å²) in [7, 11) is 4.41. The third kappa shape index (κ3) is 3.43. The van der Waals surface area contributed by atoms with Gasteiger partial charge in [-0.2, -0.15) is 0 Å². The number of hydrogen-bond acceptors (Lipinski definition) is 6. The fourth-order valence-electron chi connectivity index (χ4n) is 2.18. The van der Waals surface area contributed by atoms with Crippen molar-refractivity contribution in [2.75, 3.05) is 26.6 Å². The van der Waals surface area contributed by atoms with E-state index in [1.807, 2.05) is 6.92 Å². The van der Waals surface area contributed by atoms with E-state index in [-0.39, 0.29) is 5.56 Å². The van der Waals surface area contributed by atoms with E-state index in [1.165, 1.54) is 44.8 Å². The summed E-state index contributed by atoms with van der Waals surface area (Å²) < 4.78 is 15.7. The predicted octanol–water partition coefficient (Wildman–Crippen LogP) is 2.43. The second-order valence-corrected chi connectivity index (χ2v) is 6.09. The molecule has 3 N–H and O–H groups in total. The average Bonchev–Trinajstić information content (AvgIpc) is 2.93. The van der Waals surface area contributed by atoms with E-state index in [1.54, 1.807) is 6.07 Å². The summed E-state index contributed by atoms with van der Waals surface area (Å²) in [6, 6.07) is 4.69. The van der Waals surface area contributed by atoms with E-state index in [9.17, 15) is 9.59 Å². The molecule has 0 aliphatic heterocycles. The van der Waals surface area contributed by atoms with Crippen molar-refractivity contribution in [2.45, 2.75) is 6.92 Å². The second kappa shape index (κ2) is 7.22. The Morgan fingerprint density at radius 1 is 1.04 bits per heavy atom. The molecule has 0 spiro atoms. The van der Waals surface area contributed by atoms with Crippen molar-refractivity contribution in [1.29, 1.82) is 0 Å². The van der Waals surface area contributed by atoms with E-state index >= 15 is 0 Å². The summed E-state index contributed by atoms with van der Waals surface area (Å²) in [5, 5.41) is 3.10. The lowest BCUT2D eigenvalue weighted by Gasteiger charge is -2.14. The van der Waals surface area contributed by atoms with Gasteiger partial charge in [0.2, 0.25) is 5.75 Å². The summed E-state index contributed by atoms with van der Waals surface area (Å²) in [5.41, 5.74) is 5.90. The Morgan fingerprint density at radius 3 is 2.08 bits per heavy atom. The maximum atomic E-state index is 12.5. The molecule has 0 atom stereocenters. The van der Waals surface area contributed by atoms with Gasteiger partial charge in [-0.15, -0.1) is 11.3 Å². The van der Waals surface area contributed by atoms with Gasteiger partial charge in [-0.25, -0.2) is 0 Å². The predicted molar refractivity (Wildman–Crippen MR) is 91.6 cm³/mol. The van der Waals surface area contributed by atoms with E-state index in [2.05, 4.69) is 5.32 Å². The van der Waals surface area contributed by atoms with E-state index in [0.717, 1.165) is 4.88 Å². The van der Waals surface area contributed by atoms with Gasteiger partial charge in [0.1, 0.15) is 5.00 Å². The molecule has 0 radical (unpaired) electrons. The molecule has 1 heterocycles.